The van der Waals surface area contributed by atoms with E-state index in [0.29, 0.717) is 17.0 Å². The number of nitrogen functional groups attached to an aromatic ring is 1. The normalized spacial score (nSPS) is 10.8. The molecule has 20 heavy (non-hydrogen) atoms. The van der Waals surface area contributed by atoms with Gasteiger partial charge in [0.2, 0.25) is 0 Å². The van der Waals surface area contributed by atoms with Crippen LogP contribution in [0.4, 0.5) is 5.69 Å². The molecule has 0 radical (unpaired) electrons. The zero-order valence-corrected chi connectivity index (χ0v) is 10.9. The predicted octanol–water partition coefficient (Wildman–Crippen LogP) is 2.52. The second kappa shape index (κ2) is 4.38. The summed E-state index contributed by atoms with van der Waals surface area (Å²) in [6, 6.07) is 12.5. The number of rotatable bonds is 2. The van der Waals surface area contributed by atoms with Crippen LogP contribution in [0.5, 0.6) is 0 Å². The van der Waals surface area contributed by atoms with E-state index in [1.807, 2.05) is 35.9 Å². The fraction of sp³-hybridized carbons (Fsp3) is 0.0667. The number of carboxylic acid groups (broad SMARTS) is 1. The Hall–Kier alpha value is -2.82. The molecule has 0 aliphatic carbocycles. The molecule has 3 aromatic rings. The summed E-state index contributed by atoms with van der Waals surface area (Å²) < 4.78 is 1.85. The third kappa shape index (κ3) is 1.72. The number of carboxylic acids is 1. The number of nitrogens with zero attached hydrogens (tertiary/aromatic N) is 2. The second-order valence-electron chi connectivity index (χ2n) is 4.56. The first-order valence-corrected chi connectivity index (χ1v) is 6.13. The van der Waals surface area contributed by atoms with Gasteiger partial charge in [-0.2, -0.15) is 0 Å². The number of imidazole rings is 1. The van der Waals surface area contributed by atoms with Crippen LogP contribution in [0.1, 0.15) is 10.4 Å². The fourth-order valence-electron chi connectivity index (χ4n) is 2.33. The topological polar surface area (TPSA) is 81.1 Å². The van der Waals surface area contributed by atoms with Crippen molar-refractivity contribution >= 4 is 22.7 Å². The van der Waals surface area contributed by atoms with Crippen molar-refractivity contribution < 1.29 is 9.90 Å². The van der Waals surface area contributed by atoms with Crippen molar-refractivity contribution in [1.82, 2.24) is 9.55 Å². The lowest BCUT2D eigenvalue weighted by molar-refractivity contribution is 0.0699. The minimum Gasteiger partial charge on any atom is -0.478 e. The molecule has 1 heterocycles. The number of aromatic nitrogens is 2. The number of fused-ring (bicyclic) bond motifs is 1. The molecule has 5 heteroatoms. The number of aromatic carboxylic acids is 1. The van der Waals surface area contributed by atoms with Crippen molar-refractivity contribution in [3.05, 3.63) is 48.0 Å². The van der Waals surface area contributed by atoms with Crippen LogP contribution < -0.4 is 5.73 Å². The van der Waals surface area contributed by atoms with E-state index in [0.717, 1.165) is 11.1 Å². The average Bonchev–Trinajstić information content (AvgIpc) is 2.76. The molecule has 0 spiro atoms. The van der Waals surface area contributed by atoms with Crippen LogP contribution >= 0.6 is 0 Å². The van der Waals surface area contributed by atoms with Gasteiger partial charge in [-0.15, -0.1) is 0 Å². The number of nitrogens with two attached hydrogens (primary N) is 1. The van der Waals surface area contributed by atoms with Crippen LogP contribution in [0, 0.1) is 0 Å². The first-order chi connectivity index (χ1) is 9.59. The maximum Gasteiger partial charge on any atom is 0.337 e. The van der Waals surface area contributed by atoms with Crippen LogP contribution in [0.25, 0.3) is 22.4 Å². The first-order valence-electron chi connectivity index (χ1n) is 6.13. The second-order valence-corrected chi connectivity index (χ2v) is 4.56. The number of aryl methyl sites for hydroxylation is 1. The van der Waals surface area contributed by atoms with Crippen LogP contribution in [0.15, 0.2) is 42.5 Å². The molecule has 2 aromatic carbocycles. The molecule has 0 saturated carbocycles. The third-order valence-electron chi connectivity index (χ3n) is 3.34. The molecule has 0 atom stereocenters. The zero-order chi connectivity index (χ0) is 14.3. The number of benzene rings is 2. The molecule has 100 valence electrons. The number of para-hydroxylation sites is 2. The number of hydrogen-bond donors (Lipinski definition) is 2. The highest BCUT2D eigenvalue weighted by Crippen LogP contribution is 2.29. The predicted molar refractivity (Wildman–Crippen MR) is 77.5 cm³/mol. The van der Waals surface area contributed by atoms with Gasteiger partial charge < -0.3 is 15.4 Å². The maximum atomic E-state index is 11.3. The Morgan fingerprint density at radius 1 is 1.20 bits per heavy atom. The van der Waals surface area contributed by atoms with Crippen molar-refractivity contribution in [2.45, 2.75) is 0 Å². The van der Waals surface area contributed by atoms with Gasteiger partial charge in [0.15, 0.2) is 0 Å². The van der Waals surface area contributed by atoms with Crippen LogP contribution in [0.3, 0.4) is 0 Å². The molecule has 0 saturated heterocycles. The van der Waals surface area contributed by atoms with E-state index < -0.39 is 5.97 Å². The highest BCUT2D eigenvalue weighted by molar-refractivity contribution is 6.02. The molecule has 0 aliphatic heterocycles. The summed E-state index contributed by atoms with van der Waals surface area (Å²) in [6.07, 6.45) is 0. The Balaban J connectivity index is 2.34. The number of hydrogen-bond acceptors (Lipinski definition) is 3. The third-order valence-corrected chi connectivity index (χ3v) is 3.34. The van der Waals surface area contributed by atoms with Crippen LogP contribution in [-0.2, 0) is 7.05 Å². The lowest BCUT2D eigenvalue weighted by Crippen LogP contribution is -1.97. The molecule has 3 rings (SSSR count). The first kappa shape index (κ1) is 12.2. The number of carbonyl (C=O) groups is 1. The zero-order valence-electron chi connectivity index (χ0n) is 10.9. The summed E-state index contributed by atoms with van der Waals surface area (Å²) in [5.41, 5.74) is 8.81. The Morgan fingerprint density at radius 2 is 1.95 bits per heavy atom. The van der Waals surface area contributed by atoms with Gasteiger partial charge in [-0.1, -0.05) is 18.2 Å². The summed E-state index contributed by atoms with van der Waals surface area (Å²) in [4.78, 5) is 15.7. The molecule has 1 aromatic heterocycles. The van der Waals surface area contributed by atoms with Gasteiger partial charge in [0, 0.05) is 18.3 Å². The van der Waals surface area contributed by atoms with E-state index in [2.05, 4.69) is 4.98 Å². The van der Waals surface area contributed by atoms with Crippen molar-refractivity contribution in [2.24, 2.45) is 7.05 Å². The SMILES string of the molecule is Cn1c(-c2ccccc2N)nc2c(C(=O)O)cccc21. The molecular weight excluding hydrogens is 254 g/mol. The summed E-state index contributed by atoms with van der Waals surface area (Å²) in [6.45, 7) is 0. The van der Waals surface area contributed by atoms with Gasteiger partial charge in [-0.05, 0) is 24.3 Å². The quantitative estimate of drug-likeness (QED) is 0.699. The largest absolute Gasteiger partial charge is 0.478 e. The molecule has 3 N–H and O–H groups in total. The average molecular weight is 267 g/mol. The van der Waals surface area contributed by atoms with Gasteiger partial charge in [-0.25, -0.2) is 9.78 Å². The monoisotopic (exact) mass is 267 g/mol. The molecule has 0 aliphatic rings. The van der Waals surface area contributed by atoms with Gasteiger partial charge in [0.1, 0.15) is 11.3 Å². The lowest BCUT2D eigenvalue weighted by atomic mass is 10.2. The van der Waals surface area contributed by atoms with Crippen molar-refractivity contribution in [3.8, 4) is 11.4 Å². The van der Waals surface area contributed by atoms with E-state index in [4.69, 9.17) is 5.73 Å². The van der Waals surface area contributed by atoms with E-state index in [1.54, 1.807) is 18.2 Å². The summed E-state index contributed by atoms with van der Waals surface area (Å²) in [5.74, 6) is -0.326. The molecule has 0 fully saturated rings. The smallest absolute Gasteiger partial charge is 0.337 e. The van der Waals surface area contributed by atoms with E-state index in [9.17, 15) is 9.90 Å². The summed E-state index contributed by atoms with van der Waals surface area (Å²) in [7, 11) is 1.85. The minimum absolute atomic E-state index is 0.193. The van der Waals surface area contributed by atoms with Gasteiger partial charge in [0.05, 0.1) is 11.1 Å². The molecule has 0 bridgehead atoms. The van der Waals surface area contributed by atoms with Crippen molar-refractivity contribution in [3.63, 3.8) is 0 Å². The molecule has 5 nitrogen and oxygen atoms in total. The highest BCUT2D eigenvalue weighted by Gasteiger charge is 2.16. The number of anilines is 1. The van der Waals surface area contributed by atoms with Crippen LogP contribution in [0.2, 0.25) is 0 Å². The van der Waals surface area contributed by atoms with Crippen molar-refractivity contribution in [2.75, 3.05) is 5.73 Å². The van der Waals surface area contributed by atoms with Gasteiger partial charge in [-0.3, -0.25) is 0 Å². The Bertz CT molecular complexity index is 821. The highest BCUT2D eigenvalue weighted by atomic mass is 16.4. The van der Waals surface area contributed by atoms with Gasteiger partial charge >= 0.3 is 5.97 Å². The van der Waals surface area contributed by atoms with E-state index in [-0.39, 0.29) is 5.56 Å². The minimum atomic E-state index is -0.985. The molecule has 0 unspecified atom stereocenters. The lowest BCUT2D eigenvalue weighted by Gasteiger charge is -2.05. The Morgan fingerprint density at radius 3 is 2.65 bits per heavy atom. The molecular formula is C15H13N3O2. The van der Waals surface area contributed by atoms with E-state index >= 15 is 0 Å². The maximum absolute atomic E-state index is 11.3. The van der Waals surface area contributed by atoms with E-state index in [1.165, 1.54) is 0 Å². The summed E-state index contributed by atoms with van der Waals surface area (Å²) in [5, 5.41) is 9.23. The summed E-state index contributed by atoms with van der Waals surface area (Å²) >= 11 is 0. The Labute approximate surface area is 115 Å². The standard InChI is InChI=1S/C15H13N3O2/c1-18-12-8-4-6-10(15(19)20)13(12)17-14(18)9-5-2-3-7-11(9)16/h2-8H,16H2,1H3,(H,19,20). The van der Waals surface area contributed by atoms with Crippen molar-refractivity contribution in [1.29, 1.82) is 0 Å². The molecule has 0 amide bonds. The van der Waals surface area contributed by atoms with Gasteiger partial charge in [0.25, 0.3) is 0 Å². The fourth-order valence-corrected chi connectivity index (χ4v) is 2.33. The Kier molecular flexibility index (Phi) is 2.68. The van der Waals surface area contributed by atoms with Crippen LogP contribution in [-0.4, -0.2) is 20.6 Å².